The summed E-state index contributed by atoms with van der Waals surface area (Å²) in [7, 11) is 0. The normalized spacial score (nSPS) is 11.7. The maximum absolute atomic E-state index is 13.1. The van der Waals surface area contributed by atoms with E-state index in [4.69, 9.17) is 10.1 Å². The average Bonchev–Trinajstić information content (AvgIpc) is 2.70. The van der Waals surface area contributed by atoms with Crippen molar-refractivity contribution in [3.8, 4) is 0 Å². The number of hydrogen-bond acceptors (Lipinski definition) is 5. The van der Waals surface area contributed by atoms with Gasteiger partial charge in [-0.2, -0.15) is 0 Å². The van der Waals surface area contributed by atoms with Crippen LogP contribution in [0.5, 0.6) is 0 Å². The molecule has 0 bridgehead atoms. The summed E-state index contributed by atoms with van der Waals surface area (Å²) in [6.07, 6.45) is 2.40. The molecule has 0 fully saturated rings. The van der Waals surface area contributed by atoms with Crippen LogP contribution in [0.1, 0.15) is 44.5 Å². The Hall–Kier alpha value is -3.00. The van der Waals surface area contributed by atoms with Crippen LogP contribution in [0, 0.1) is 11.3 Å². The number of nitrogens with one attached hydrogen (secondary N) is 2. The third kappa shape index (κ3) is 4.59. The summed E-state index contributed by atoms with van der Waals surface area (Å²) in [6.45, 7) is 9.36. The molecule has 0 saturated heterocycles. The molecule has 30 heavy (non-hydrogen) atoms. The number of aromatic nitrogens is 3. The molecule has 160 valence electrons. The minimum Gasteiger partial charge on any atom is -0.379 e. The Morgan fingerprint density at radius 1 is 1.27 bits per heavy atom. The second-order valence-corrected chi connectivity index (χ2v) is 8.02. The lowest BCUT2D eigenvalue weighted by Gasteiger charge is -2.15. The predicted molar refractivity (Wildman–Crippen MR) is 116 cm³/mol. The van der Waals surface area contributed by atoms with Crippen LogP contribution in [-0.2, 0) is 11.3 Å². The van der Waals surface area contributed by atoms with Crippen molar-refractivity contribution >= 4 is 22.6 Å². The number of rotatable bonds is 8. The SMILES string of the molecule is CC(C)CNC(=O)c1cc2c(=O)n3ccccc3nc2n(CCCOC(C)C)c1=N. The van der Waals surface area contributed by atoms with E-state index in [9.17, 15) is 9.59 Å². The highest BCUT2D eigenvalue weighted by molar-refractivity contribution is 5.96. The molecule has 0 unspecified atom stereocenters. The first-order valence-corrected chi connectivity index (χ1v) is 10.3. The third-order valence-electron chi connectivity index (χ3n) is 4.71. The molecule has 0 aromatic carbocycles. The van der Waals surface area contributed by atoms with Crippen LogP contribution in [0.3, 0.4) is 0 Å². The van der Waals surface area contributed by atoms with E-state index in [0.29, 0.717) is 42.8 Å². The molecule has 0 atom stereocenters. The van der Waals surface area contributed by atoms with E-state index >= 15 is 0 Å². The standard InChI is InChI=1S/C22H29N5O3/c1-14(2)13-24-21(28)16-12-17-20(25-18-8-5-6-9-26(18)22(17)29)27(19(16)23)10-7-11-30-15(3)4/h5-6,8-9,12,14-15,23H,7,10-11,13H2,1-4H3,(H,24,28). The molecule has 0 aliphatic rings. The lowest BCUT2D eigenvalue weighted by atomic mass is 10.1. The lowest BCUT2D eigenvalue weighted by Crippen LogP contribution is -2.36. The van der Waals surface area contributed by atoms with Gasteiger partial charge in [0.05, 0.1) is 17.1 Å². The highest BCUT2D eigenvalue weighted by Crippen LogP contribution is 2.11. The molecule has 3 rings (SSSR count). The molecule has 0 aliphatic heterocycles. The van der Waals surface area contributed by atoms with Crippen LogP contribution in [-0.4, -0.2) is 39.1 Å². The van der Waals surface area contributed by atoms with Crippen molar-refractivity contribution in [1.82, 2.24) is 19.3 Å². The number of aryl methyl sites for hydroxylation is 1. The average molecular weight is 412 g/mol. The molecule has 0 aliphatic carbocycles. The zero-order chi connectivity index (χ0) is 21.8. The van der Waals surface area contributed by atoms with E-state index in [-0.39, 0.29) is 34.5 Å². The fourth-order valence-electron chi connectivity index (χ4n) is 3.21. The number of amides is 1. The molecule has 3 aromatic rings. The van der Waals surface area contributed by atoms with E-state index in [1.165, 1.54) is 10.5 Å². The number of carbonyl (C=O) groups is 1. The Balaban J connectivity index is 2.15. The molecular formula is C22H29N5O3. The fraction of sp³-hybridized carbons (Fsp3) is 0.455. The van der Waals surface area contributed by atoms with Crippen molar-refractivity contribution in [3.05, 3.63) is 51.9 Å². The molecule has 8 nitrogen and oxygen atoms in total. The summed E-state index contributed by atoms with van der Waals surface area (Å²) in [4.78, 5) is 30.5. The van der Waals surface area contributed by atoms with Crippen LogP contribution < -0.4 is 16.4 Å². The highest BCUT2D eigenvalue weighted by atomic mass is 16.5. The number of carbonyl (C=O) groups excluding carboxylic acids is 1. The first-order valence-electron chi connectivity index (χ1n) is 10.3. The van der Waals surface area contributed by atoms with E-state index in [1.54, 1.807) is 22.9 Å². The smallest absolute Gasteiger partial charge is 0.267 e. The summed E-state index contributed by atoms with van der Waals surface area (Å²) in [5, 5.41) is 11.8. The zero-order valence-electron chi connectivity index (χ0n) is 17.9. The molecule has 3 aromatic heterocycles. The summed E-state index contributed by atoms with van der Waals surface area (Å²) < 4.78 is 8.70. The Labute approximate surface area is 175 Å². The summed E-state index contributed by atoms with van der Waals surface area (Å²) in [5.74, 6) is -0.0829. The Morgan fingerprint density at radius 3 is 2.73 bits per heavy atom. The van der Waals surface area contributed by atoms with Gasteiger partial charge < -0.3 is 14.6 Å². The number of pyridine rings is 2. The summed E-state index contributed by atoms with van der Waals surface area (Å²) >= 11 is 0. The third-order valence-corrected chi connectivity index (χ3v) is 4.71. The van der Waals surface area contributed by atoms with Crippen LogP contribution in [0.2, 0.25) is 0 Å². The van der Waals surface area contributed by atoms with Crippen LogP contribution >= 0.6 is 0 Å². The van der Waals surface area contributed by atoms with Gasteiger partial charge in [0.25, 0.3) is 11.5 Å². The van der Waals surface area contributed by atoms with Gasteiger partial charge in [-0.1, -0.05) is 19.9 Å². The molecule has 8 heteroatoms. The van der Waals surface area contributed by atoms with Crippen molar-refractivity contribution < 1.29 is 9.53 Å². The Kier molecular flexibility index (Phi) is 6.66. The van der Waals surface area contributed by atoms with Gasteiger partial charge in [-0.3, -0.25) is 19.4 Å². The van der Waals surface area contributed by atoms with Gasteiger partial charge in [-0.05, 0) is 44.4 Å². The monoisotopic (exact) mass is 411 g/mol. The lowest BCUT2D eigenvalue weighted by molar-refractivity contribution is 0.0748. The van der Waals surface area contributed by atoms with Gasteiger partial charge in [0, 0.05) is 25.9 Å². The van der Waals surface area contributed by atoms with Crippen molar-refractivity contribution in [2.24, 2.45) is 5.92 Å². The number of hydrogen-bond donors (Lipinski definition) is 2. The maximum atomic E-state index is 13.1. The van der Waals surface area contributed by atoms with E-state index < -0.39 is 0 Å². The van der Waals surface area contributed by atoms with Gasteiger partial charge in [-0.25, -0.2) is 4.98 Å². The summed E-state index contributed by atoms with van der Waals surface area (Å²) in [5.41, 5.74) is 0.851. The molecule has 0 radical (unpaired) electrons. The first kappa shape index (κ1) is 21.7. The molecular weight excluding hydrogens is 382 g/mol. The van der Waals surface area contributed by atoms with Crippen molar-refractivity contribution in [3.63, 3.8) is 0 Å². The number of fused-ring (bicyclic) bond motifs is 2. The maximum Gasteiger partial charge on any atom is 0.267 e. The zero-order valence-corrected chi connectivity index (χ0v) is 17.9. The number of ether oxygens (including phenoxy) is 1. The fourth-order valence-corrected chi connectivity index (χ4v) is 3.21. The van der Waals surface area contributed by atoms with Gasteiger partial charge in [0.1, 0.15) is 16.8 Å². The van der Waals surface area contributed by atoms with E-state index in [0.717, 1.165) is 0 Å². The second kappa shape index (κ2) is 9.21. The quantitative estimate of drug-likeness (QED) is 0.439. The predicted octanol–water partition coefficient (Wildman–Crippen LogP) is 2.33. The van der Waals surface area contributed by atoms with Gasteiger partial charge in [-0.15, -0.1) is 0 Å². The Morgan fingerprint density at radius 2 is 2.03 bits per heavy atom. The van der Waals surface area contributed by atoms with Gasteiger partial charge >= 0.3 is 0 Å². The van der Waals surface area contributed by atoms with Crippen LogP contribution in [0.15, 0.2) is 35.3 Å². The largest absolute Gasteiger partial charge is 0.379 e. The van der Waals surface area contributed by atoms with Crippen molar-refractivity contribution in [2.45, 2.75) is 46.8 Å². The van der Waals surface area contributed by atoms with E-state index in [1.807, 2.05) is 33.8 Å². The van der Waals surface area contributed by atoms with Crippen LogP contribution in [0.4, 0.5) is 0 Å². The summed E-state index contributed by atoms with van der Waals surface area (Å²) in [6, 6.07) is 6.81. The van der Waals surface area contributed by atoms with Gasteiger partial charge in [0.15, 0.2) is 0 Å². The van der Waals surface area contributed by atoms with Crippen molar-refractivity contribution in [1.29, 1.82) is 5.41 Å². The molecule has 1 amide bonds. The molecule has 0 saturated carbocycles. The highest BCUT2D eigenvalue weighted by Gasteiger charge is 2.17. The molecule has 0 spiro atoms. The van der Waals surface area contributed by atoms with Gasteiger partial charge in [0.2, 0.25) is 0 Å². The van der Waals surface area contributed by atoms with E-state index in [2.05, 4.69) is 10.3 Å². The second-order valence-electron chi connectivity index (χ2n) is 8.02. The minimum atomic E-state index is -0.361. The topological polar surface area (TPSA) is 101 Å². The molecule has 3 heterocycles. The number of nitrogens with zero attached hydrogens (tertiary/aromatic N) is 3. The first-order chi connectivity index (χ1) is 14.3. The van der Waals surface area contributed by atoms with Crippen LogP contribution in [0.25, 0.3) is 16.7 Å². The Bertz CT molecular complexity index is 1180. The van der Waals surface area contributed by atoms with Crippen molar-refractivity contribution in [2.75, 3.05) is 13.2 Å². The minimum absolute atomic E-state index is 0.0421. The molecule has 2 N–H and O–H groups in total.